The number of hydrogen-bond acceptors (Lipinski definition) is 28. The number of amides is 1. The molecule has 79 heavy (non-hydrogen) atoms. The molecule has 16 atom stereocenters. The normalized spacial score (nSPS) is 29.4. The van der Waals surface area contributed by atoms with Gasteiger partial charge in [-0.3, -0.25) is 51.7 Å². The molecule has 6 aromatic rings. The van der Waals surface area contributed by atoms with E-state index in [0.29, 0.717) is 0 Å². The van der Waals surface area contributed by atoms with Crippen LogP contribution in [-0.2, 0) is 71.2 Å². The number of nitrogens with two attached hydrogens (primary N) is 3. The molecule has 9 heterocycles. The third-order valence-corrected chi connectivity index (χ3v) is 18.9. The van der Waals surface area contributed by atoms with Gasteiger partial charge in [0.05, 0.1) is 45.6 Å². The number of rotatable bonds is 21. The lowest BCUT2D eigenvalue weighted by Crippen LogP contribution is -2.45. The highest BCUT2D eigenvalue weighted by atomic mass is 31.3. The van der Waals surface area contributed by atoms with E-state index in [1.807, 2.05) is 0 Å². The third kappa shape index (κ3) is 11.8. The summed E-state index contributed by atoms with van der Waals surface area (Å²) in [5, 5.41) is 36.0. The van der Waals surface area contributed by atoms with Crippen LogP contribution in [0.3, 0.4) is 0 Å². The number of nitrogen functional groups attached to an aromatic ring is 3. The highest BCUT2D eigenvalue weighted by molar-refractivity contribution is 7.66. The Morgan fingerprint density at radius 3 is 2.04 bits per heavy atom. The number of aromatic amines is 2. The summed E-state index contributed by atoms with van der Waals surface area (Å²) in [6, 6.07) is 0. The minimum absolute atomic E-state index is 0.00748. The number of imidazole rings is 3. The largest absolute Gasteiger partial charge is 0.490 e. The maximum atomic E-state index is 14.5. The number of methoxy groups -OCH3 is 1. The quantitative estimate of drug-likeness (QED) is 0.0242. The number of H-pyrrole nitrogens is 2. The lowest BCUT2D eigenvalue weighted by atomic mass is 9.94. The summed E-state index contributed by atoms with van der Waals surface area (Å²) in [5.74, 6) is -2.18. The molecule has 0 aromatic carbocycles. The minimum atomic E-state index is -6.23. The number of fused-ring (bicyclic) bond motifs is 3. The zero-order chi connectivity index (χ0) is 57.3. The molecule has 43 heteroatoms. The van der Waals surface area contributed by atoms with E-state index in [1.54, 1.807) is 0 Å². The van der Waals surface area contributed by atoms with Gasteiger partial charge in [0.15, 0.2) is 41.4 Å². The molecule has 0 bridgehead atoms. The monoisotopic (exact) mass is 1200 g/mol. The van der Waals surface area contributed by atoms with E-state index in [2.05, 4.69) is 53.8 Å². The number of phosphoric acid groups is 3. The van der Waals surface area contributed by atoms with Crippen LogP contribution in [0.25, 0.3) is 33.5 Å². The first-order chi connectivity index (χ1) is 37.1. The molecule has 3 fully saturated rings. The molecule has 6 aromatic heterocycles. The van der Waals surface area contributed by atoms with Crippen molar-refractivity contribution in [1.29, 1.82) is 0 Å². The molecule has 16 N–H and O–H groups in total. The third-order valence-electron chi connectivity index (χ3n) is 12.8. The Kier molecular flexibility index (Phi) is 16.2. The molecular weight excluding hydrogens is 1150 g/mol. The molecule has 1 amide bonds. The summed E-state index contributed by atoms with van der Waals surface area (Å²) in [5.41, 5.74) is 13.7. The van der Waals surface area contributed by atoms with Gasteiger partial charge in [-0.15, -0.1) is 0 Å². The predicted octanol–water partition coefficient (Wildman–Crippen LogP) is -3.86. The first-order valence-corrected chi connectivity index (χ1v) is 29.1. The van der Waals surface area contributed by atoms with Crippen LogP contribution < -0.4 is 38.2 Å². The van der Waals surface area contributed by atoms with Crippen LogP contribution in [0.2, 0.25) is 0 Å². The van der Waals surface area contributed by atoms with E-state index in [1.165, 1.54) is 34.0 Å². The minimum Gasteiger partial charge on any atom is -0.387 e. The Hall–Kier alpha value is -5.60. The summed E-state index contributed by atoms with van der Waals surface area (Å²) in [6.45, 7) is -2.10. The Bertz CT molecular complexity index is 3620. The fourth-order valence-electron chi connectivity index (χ4n) is 9.35. The van der Waals surface area contributed by atoms with Gasteiger partial charge in [0.25, 0.3) is 17.1 Å². The second-order valence-electron chi connectivity index (χ2n) is 17.9. The molecule has 3 aliphatic heterocycles. The average molecular weight is 1200 g/mol. The topological polar surface area (TPSA) is 562 Å². The molecule has 4 unspecified atom stereocenters. The molecule has 9 rings (SSSR count). The first-order valence-electron chi connectivity index (χ1n) is 23.0. The molecule has 0 radical (unpaired) electrons. The second-order valence-corrected chi connectivity index (χ2v) is 24.5. The fourth-order valence-corrected chi connectivity index (χ4v) is 14.6. The summed E-state index contributed by atoms with van der Waals surface area (Å²) in [4.78, 5) is 109. The number of aliphatic hydroxyl groups is 3. The van der Waals surface area contributed by atoms with Crippen LogP contribution in [0.1, 0.15) is 32.0 Å². The van der Waals surface area contributed by atoms with Crippen molar-refractivity contribution in [3.05, 3.63) is 46.0 Å². The zero-order valence-electron chi connectivity index (χ0n) is 40.9. The van der Waals surface area contributed by atoms with E-state index in [9.17, 15) is 67.5 Å². The number of hydrogen-bond donors (Lipinski definition) is 13. The molecule has 39 nitrogen and oxygen atoms in total. The second kappa shape index (κ2) is 22.0. The number of aryl methyl sites for hydroxylation is 1. The first kappa shape index (κ1) is 58.1. The molecule has 432 valence electrons. The van der Waals surface area contributed by atoms with Gasteiger partial charge in [-0.25, -0.2) is 38.2 Å². The van der Waals surface area contributed by atoms with Crippen LogP contribution in [0.5, 0.6) is 0 Å². The van der Waals surface area contributed by atoms with Gasteiger partial charge < -0.3 is 80.9 Å². The van der Waals surface area contributed by atoms with Crippen molar-refractivity contribution in [2.24, 2.45) is 13.0 Å². The maximum Gasteiger partial charge on any atom is 0.490 e. The predicted molar refractivity (Wildman–Crippen MR) is 259 cm³/mol. The number of ether oxygens (including phenoxy) is 4. The van der Waals surface area contributed by atoms with E-state index in [0.717, 1.165) is 30.7 Å². The number of aromatic nitrogens is 12. The summed E-state index contributed by atoms with van der Waals surface area (Å²) in [7, 11) is -20.8. The number of nitrogens with zero attached hydrogens (tertiary/aromatic N) is 10. The van der Waals surface area contributed by atoms with Crippen LogP contribution in [-0.4, -0.2) is 176 Å². The number of nitrogens with one attached hydrogen (secondary N) is 3. The van der Waals surface area contributed by atoms with Gasteiger partial charge in [-0.1, -0.05) is 4.98 Å². The number of phosphoric ester groups is 2. The number of aliphatic hydroxyl groups excluding tert-OH is 3. The van der Waals surface area contributed by atoms with Crippen molar-refractivity contribution in [2.45, 2.75) is 80.4 Å². The average Bonchev–Trinajstić information content (AvgIpc) is 4.43. The molecule has 3 saturated heterocycles. The number of carbonyl (C=O) groups excluding carboxylic acids is 1. The van der Waals surface area contributed by atoms with Crippen molar-refractivity contribution in [3.8, 4) is 0 Å². The van der Waals surface area contributed by atoms with Crippen LogP contribution in [0.4, 0.5) is 17.7 Å². The Morgan fingerprint density at radius 2 is 1.37 bits per heavy atom. The van der Waals surface area contributed by atoms with Crippen molar-refractivity contribution in [2.75, 3.05) is 50.7 Å². The van der Waals surface area contributed by atoms with Gasteiger partial charge in [-0.2, -0.15) is 13.6 Å². The van der Waals surface area contributed by atoms with Crippen LogP contribution in [0.15, 0.2) is 34.9 Å². The smallest absolute Gasteiger partial charge is 0.387 e. The highest BCUT2D eigenvalue weighted by Gasteiger charge is 2.58. The lowest BCUT2D eigenvalue weighted by molar-refractivity contribution is -0.745. The van der Waals surface area contributed by atoms with Crippen molar-refractivity contribution in [1.82, 2.24) is 58.9 Å². The van der Waals surface area contributed by atoms with Crippen molar-refractivity contribution >= 4 is 88.2 Å². The summed E-state index contributed by atoms with van der Waals surface area (Å²) in [6.07, 6.45) is -11.5. The van der Waals surface area contributed by atoms with E-state index < -0.39 is 141 Å². The maximum absolute atomic E-state index is 14.5. The molecule has 3 aliphatic rings. The Morgan fingerprint density at radius 1 is 0.759 bits per heavy atom. The summed E-state index contributed by atoms with van der Waals surface area (Å²) >= 11 is 0. The van der Waals surface area contributed by atoms with E-state index in [-0.39, 0.29) is 64.2 Å². The number of anilines is 3. The van der Waals surface area contributed by atoms with Crippen molar-refractivity contribution in [3.63, 3.8) is 0 Å². The van der Waals surface area contributed by atoms with Gasteiger partial charge >= 0.3 is 36.7 Å². The fraction of sp³-hybridized carbons (Fsp3) is 0.556. The van der Waals surface area contributed by atoms with Gasteiger partial charge in [0.2, 0.25) is 23.6 Å². The summed E-state index contributed by atoms with van der Waals surface area (Å²) < 4.78 is 107. The molecule has 0 saturated carbocycles. The van der Waals surface area contributed by atoms with Gasteiger partial charge in [0, 0.05) is 26.5 Å². The van der Waals surface area contributed by atoms with Gasteiger partial charge in [0.1, 0.15) is 54.1 Å². The highest BCUT2D eigenvalue weighted by Crippen LogP contribution is 2.68. The van der Waals surface area contributed by atoms with Gasteiger partial charge in [-0.05, 0) is 6.42 Å². The molecular formula is C36H51N16O23P4+. The van der Waals surface area contributed by atoms with Crippen molar-refractivity contribution < 1.29 is 104 Å². The van der Waals surface area contributed by atoms with E-state index in [4.69, 9.17) is 49.7 Å². The van der Waals surface area contributed by atoms with E-state index >= 15 is 0 Å². The number of carbonyl (C=O) groups is 1. The van der Waals surface area contributed by atoms with Crippen LogP contribution in [0, 0.1) is 5.92 Å². The standard InChI is InChI=1S/C36H50N16O23P4/c1-13(53)40-5-4-14-15(71-32(21(14)54)52-12-49(2)20-29(52)46-36(39)48-31(20)58)6-69-77(61,62)74-79(65,66)75-78(63,64)70-8-17-25(24(67-3)34(73-17)50-10-43-18-26(37)41-9-42-27(18)50)76(59,60)68-7-16-22(55)23(56)33(72-16)51-11-44-19-28(51)45-35(38)47-30(19)57/h9-12,14-17,21-25,32-34,54-56H,4-8H2,1-3H3,(H12-,37,38,39,40,41,42,45,46,47,48,53,57,58,59,60,61,62,63,64,65,66)/p+1/t14-,15-,16-,17-,21-,22-,23-,24-,25-,32-,33-,34-/m1/s1. The zero-order valence-corrected chi connectivity index (χ0v) is 44.5. The molecule has 0 spiro atoms. The Labute approximate surface area is 439 Å². The lowest BCUT2D eigenvalue weighted by Gasteiger charge is -2.28. The SMILES string of the molecule is CO[C@@H]1[C@H](P(=O)(O)OC[C@H]2O[C@@H](n3cnc4c(=O)[nH]c(N)nc43)[C@H](O)[C@@H]2O)[C@@H](COP(=O)(O)OP(=O)(O)OP(=O)(O)OC[C@H]2O[C@@H]([n+]3cn(C)c4c(=O)[nH]c(N)nc43)[C@H](O)[C@@H]2CCNC(C)=O)O[C@H]1n1cnc2c(N)ncnc21. The van der Waals surface area contributed by atoms with Crippen LogP contribution >= 0.6 is 31.1 Å². The Balaban J connectivity index is 0.892. The molecule has 0 aliphatic carbocycles.